The Morgan fingerprint density at radius 3 is 2.71 bits per heavy atom. The van der Waals surface area contributed by atoms with Crippen molar-refractivity contribution < 1.29 is 9.90 Å². The second-order valence-corrected chi connectivity index (χ2v) is 7.39. The summed E-state index contributed by atoms with van der Waals surface area (Å²) in [6.45, 7) is 0.627. The number of hydrogen-bond donors (Lipinski definition) is 3. The molecule has 3 aromatic carbocycles. The van der Waals surface area contributed by atoms with Gasteiger partial charge in [0, 0.05) is 22.9 Å². The fraction of sp³-hybridized carbons (Fsp3) is 0.0800. The van der Waals surface area contributed by atoms with E-state index in [1.807, 2.05) is 48.5 Å². The third-order valence-electron chi connectivity index (χ3n) is 5.40. The number of benzene rings is 3. The van der Waals surface area contributed by atoms with Crippen molar-refractivity contribution in [2.75, 3.05) is 11.9 Å². The van der Waals surface area contributed by atoms with E-state index in [0.29, 0.717) is 12.2 Å². The van der Waals surface area contributed by atoms with Crippen molar-refractivity contribution in [3.8, 4) is 11.3 Å². The SMILES string of the molecule is O=C(O)c1ccc2nc(-c3ccc4[nH]ncc4c3)ccc2c1NCCc1ccccc1. The normalized spacial score (nSPS) is 11.1. The highest BCUT2D eigenvalue weighted by Gasteiger charge is 2.15. The van der Waals surface area contributed by atoms with Gasteiger partial charge in [-0.3, -0.25) is 5.10 Å². The largest absolute Gasteiger partial charge is 0.478 e. The molecule has 5 rings (SSSR count). The maximum atomic E-state index is 11.8. The van der Waals surface area contributed by atoms with Gasteiger partial charge in [-0.25, -0.2) is 9.78 Å². The maximum absolute atomic E-state index is 11.8. The Kier molecular flexibility index (Phi) is 4.80. The lowest BCUT2D eigenvalue weighted by Crippen LogP contribution is -2.10. The molecule has 2 aromatic heterocycles. The molecule has 0 bridgehead atoms. The van der Waals surface area contributed by atoms with Gasteiger partial charge >= 0.3 is 5.97 Å². The number of carboxylic acid groups (broad SMARTS) is 1. The lowest BCUT2D eigenvalue weighted by atomic mass is 10.0. The van der Waals surface area contributed by atoms with Gasteiger partial charge in [0.05, 0.1) is 34.2 Å². The van der Waals surface area contributed by atoms with Gasteiger partial charge in [-0.05, 0) is 48.4 Å². The van der Waals surface area contributed by atoms with Gasteiger partial charge in [-0.15, -0.1) is 0 Å². The number of hydrogen-bond acceptors (Lipinski definition) is 4. The fourth-order valence-corrected chi connectivity index (χ4v) is 3.81. The zero-order chi connectivity index (χ0) is 21.2. The van der Waals surface area contributed by atoms with E-state index in [2.05, 4.69) is 27.6 Å². The molecule has 2 heterocycles. The second kappa shape index (κ2) is 7.91. The molecular weight excluding hydrogens is 388 g/mol. The van der Waals surface area contributed by atoms with Gasteiger partial charge in [-0.2, -0.15) is 5.10 Å². The van der Waals surface area contributed by atoms with E-state index in [0.717, 1.165) is 39.5 Å². The lowest BCUT2D eigenvalue weighted by molar-refractivity contribution is 0.0698. The highest BCUT2D eigenvalue weighted by Crippen LogP contribution is 2.30. The van der Waals surface area contributed by atoms with Crippen LogP contribution >= 0.6 is 0 Å². The van der Waals surface area contributed by atoms with Crippen molar-refractivity contribution in [2.24, 2.45) is 0 Å². The Morgan fingerprint density at radius 2 is 1.87 bits per heavy atom. The van der Waals surface area contributed by atoms with Crippen LogP contribution in [-0.4, -0.2) is 32.8 Å². The average Bonchev–Trinajstić information content (AvgIpc) is 3.27. The number of aromatic nitrogens is 3. The number of rotatable bonds is 6. The summed E-state index contributed by atoms with van der Waals surface area (Å²) in [7, 11) is 0. The summed E-state index contributed by atoms with van der Waals surface area (Å²) in [4.78, 5) is 16.6. The molecule has 0 saturated heterocycles. The highest BCUT2D eigenvalue weighted by molar-refractivity contribution is 6.05. The lowest BCUT2D eigenvalue weighted by Gasteiger charge is -2.14. The molecule has 0 aliphatic rings. The molecule has 5 aromatic rings. The van der Waals surface area contributed by atoms with Gasteiger partial charge in [-0.1, -0.05) is 36.4 Å². The molecule has 0 saturated carbocycles. The van der Waals surface area contributed by atoms with Gasteiger partial charge in [0.15, 0.2) is 0 Å². The zero-order valence-corrected chi connectivity index (χ0v) is 16.7. The minimum atomic E-state index is -0.960. The van der Waals surface area contributed by atoms with Gasteiger partial charge < -0.3 is 10.4 Å². The van der Waals surface area contributed by atoms with Gasteiger partial charge in [0.1, 0.15) is 0 Å². The van der Waals surface area contributed by atoms with E-state index in [4.69, 9.17) is 4.98 Å². The predicted molar refractivity (Wildman–Crippen MR) is 122 cm³/mol. The molecule has 0 spiro atoms. The summed E-state index contributed by atoms with van der Waals surface area (Å²) < 4.78 is 0. The summed E-state index contributed by atoms with van der Waals surface area (Å²) in [6, 6.07) is 23.4. The van der Waals surface area contributed by atoms with Crippen molar-refractivity contribution in [1.29, 1.82) is 0 Å². The van der Waals surface area contributed by atoms with Crippen LogP contribution in [0.4, 0.5) is 5.69 Å². The first-order chi connectivity index (χ1) is 15.2. The van der Waals surface area contributed by atoms with Crippen molar-refractivity contribution in [3.63, 3.8) is 0 Å². The third kappa shape index (κ3) is 3.71. The van der Waals surface area contributed by atoms with Crippen LogP contribution in [0.3, 0.4) is 0 Å². The van der Waals surface area contributed by atoms with E-state index in [1.165, 1.54) is 5.56 Å². The molecule has 6 nitrogen and oxygen atoms in total. The van der Waals surface area contributed by atoms with E-state index in [1.54, 1.807) is 18.3 Å². The van der Waals surface area contributed by atoms with E-state index < -0.39 is 5.97 Å². The zero-order valence-electron chi connectivity index (χ0n) is 16.7. The number of pyridine rings is 1. The molecule has 0 unspecified atom stereocenters. The van der Waals surface area contributed by atoms with Crippen molar-refractivity contribution >= 4 is 33.5 Å². The Labute approximate surface area is 178 Å². The predicted octanol–water partition coefficient (Wildman–Crippen LogP) is 5.13. The highest BCUT2D eigenvalue weighted by atomic mass is 16.4. The Morgan fingerprint density at radius 1 is 1.00 bits per heavy atom. The summed E-state index contributed by atoms with van der Waals surface area (Å²) in [6.07, 6.45) is 2.58. The molecule has 6 heteroatoms. The first-order valence-corrected chi connectivity index (χ1v) is 10.1. The van der Waals surface area contributed by atoms with Crippen LogP contribution in [0, 0.1) is 0 Å². The minimum Gasteiger partial charge on any atom is -0.478 e. The second-order valence-electron chi connectivity index (χ2n) is 7.39. The van der Waals surface area contributed by atoms with Crippen LogP contribution in [0.25, 0.3) is 33.1 Å². The van der Waals surface area contributed by atoms with E-state index >= 15 is 0 Å². The maximum Gasteiger partial charge on any atom is 0.337 e. The van der Waals surface area contributed by atoms with E-state index in [9.17, 15) is 9.90 Å². The molecule has 0 radical (unpaired) electrons. The summed E-state index contributed by atoms with van der Waals surface area (Å²) in [5.41, 5.74) is 5.57. The molecule has 0 aliphatic carbocycles. The molecular formula is C25H20N4O2. The van der Waals surface area contributed by atoms with Crippen LogP contribution in [0.2, 0.25) is 0 Å². The molecule has 3 N–H and O–H groups in total. The number of carbonyl (C=O) groups is 1. The summed E-state index contributed by atoms with van der Waals surface area (Å²) >= 11 is 0. The topological polar surface area (TPSA) is 90.9 Å². The van der Waals surface area contributed by atoms with Crippen LogP contribution < -0.4 is 5.32 Å². The standard InChI is InChI=1S/C25H20N4O2/c30-25(31)20-8-11-23-19(24(20)26-13-12-16-4-2-1-3-5-16)7-10-21(28-23)17-6-9-22-18(14-17)15-27-29-22/h1-11,14-15,26H,12-13H2,(H,27,29)(H,30,31). The number of anilines is 1. The van der Waals surface area contributed by atoms with Gasteiger partial charge in [0.2, 0.25) is 0 Å². The summed E-state index contributed by atoms with van der Waals surface area (Å²) in [5.74, 6) is -0.960. The van der Waals surface area contributed by atoms with Crippen LogP contribution in [0.15, 0.2) is 79.0 Å². The summed E-state index contributed by atoms with van der Waals surface area (Å²) in [5, 5.41) is 21.8. The Hall–Kier alpha value is -4.19. The monoisotopic (exact) mass is 408 g/mol. The number of aromatic carboxylic acids is 1. The molecule has 31 heavy (non-hydrogen) atoms. The number of fused-ring (bicyclic) bond motifs is 2. The van der Waals surface area contributed by atoms with Crippen LogP contribution in [-0.2, 0) is 6.42 Å². The van der Waals surface area contributed by atoms with Crippen LogP contribution in [0.5, 0.6) is 0 Å². The number of aromatic amines is 1. The van der Waals surface area contributed by atoms with E-state index in [-0.39, 0.29) is 5.56 Å². The fourth-order valence-electron chi connectivity index (χ4n) is 3.81. The first kappa shape index (κ1) is 18.8. The average molecular weight is 408 g/mol. The van der Waals surface area contributed by atoms with Crippen molar-refractivity contribution in [2.45, 2.75) is 6.42 Å². The van der Waals surface area contributed by atoms with Crippen molar-refractivity contribution in [1.82, 2.24) is 15.2 Å². The van der Waals surface area contributed by atoms with Crippen molar-refractivity contribution in [3.05, 3.63) is 90.1 Å². The molecule has 0 amide bonds. The number of carboxylic acids is 1. The number of H-pyrrole nitrogens is 1. The van der Waals surface area contributed by atoms with Gasteiger partial charge in [0.25, 0.3) is 0 Å². The minimum absolute atomic E-state index is 0.245. The quantitative estimate of drug-likeness (QED) is 0.362. The number of nitrogens with one attached hydrogen (secondary N) is 2. The first-order valence-electron chi connectivity index (χ1n) is 10.1. The molecule has 0 fully saturated rings. The third-order valence-corrected chi connectivity index (χ3v) is 5.40. The Bertz CT molecular complexity index is 1390. The smallest absolute Gasteiger partial charge is 0.337 e. The molecule has 0 aliphatic heterocycles. The molecule has 152 valence electrons. The molecule has 0 atom stereocenters. The Balaban J connectivity index is 1.50. The number of nitrogens with zero attached hydrogens (tertiary/aromatic N) is 2. The van der Waals surface area contributed by atoms with Crippen LogP contribution in [0.1, 0.15) is 15.9 Å².